The molecule has 0 aliphatic heterocycles. The van der Waals surface area contributed by atoms with E-state index < -0.39 is 5.97 Å². The van der Waals surface area contributed by atoms with Crippen LogP contribution in [-0.4, -0.2) is 41.6 Å². The van der Waals surface area contributed by atoms with Gasteiger partial charge in [-0.2, -0.15) is 0 Å². The van der Waals surface area contributed by atoms with Gasteiger partial charge in [-0.25, -0.2) is 4.79 Å². The maximum absolute atomic E-state index is 11.8. The number of nitrogens with one attached hydrogen (secondary N) is 1. The summed E-state index contributed by atoms with van der Waals surface area (Å²) in [5.41, 5.74) is 0. The molecule has 0 aromatic heterocycles. The van der Waals surface area contributed by atoms with E-state index >= 15 is 0 Å². The van der Waals surface area contributed by atoms with E-state index in [1.165, 1.54) is 0 Å². The molecule has 98 valence electrons. The molecule has 0 unspecified atom stereocenters. The number of carbonyl (C=O) groups is 2. The van der Waals surface area contributed by atoms with Gasteiger partial charge in [0, 0.05) is 19.6 Å². The Balaban J connectivity index is 2.35. The first-order valence-electron chi connectivity index (χ1n) is 6.14. The number of hydrogen-bond acceptors (Lipinski definition) is 2. The Morgan fingerprint density at radius 3 is 2.53 bits per heavy atom. The quantitative estimate of drug-likeness (QED) is 0.785. The maximum atomic E-state index is 11.8. The Bertz CT molecular complexity index is 291. The summed E-state index contributed by atoms with van der Waals surface area (Å²) < 4.78 is 0. The third-order valence-electron chi connectivity index (χ3n) is 3.10. The van der Waals surface area contributed by atoms with E-state index in [1.54, 1.807) is 11.9 Å². The summed E-state index contributed by atoms with van der Waals surface area (Å²) in [4.78, 5) is 24.2. The van der Waals surface area contributed by atoms with Crippen LogP contribution in [0.3, 0.4) is 0 Å². The first-order chi connectivity index (χ1) is 7.90. The lowest BCUT2D eigenvalue weighted by molar-refractivity contribution is -0.141. The van der Waals surface area contributed by atoms with Crippen LogP contribution in [0, 0.1) is 11.8 Å². The van der Waals surface area contributed by atoms with Crippen molar-refractivity contribution in [3.63, 3.8) is 0 Å². The van der Waals surface area contributed by atoms with Gasteiger partial charge in [-0.05, 0) is 25.2 Å². The maximum Gasteiger partial charge on any atom is 0.317 e. The first kappa shape index (κ1) is 13.8. The van der Waals surface area contributed by atoms with Crippen LogP contribution >= 0.6 is 0 Å². The molecule has 17 heavy (non-hydrogen) atoms. The van der Waals surface area contributed by atoms with Crippen molar-refractivity contribution in [2.24, 2.45) is 11.8 Å². The largest absolute Gasteiger partial charge is 0.481 e. The Kier molecular flexibility index (Phi) is 4.78. The number of carbonyl (C=O) groups excluding carboxylic acids is 1. The van der Waals surface area contributed by atoms with Crippen LogP contribution in [0.25, 0.3) is 0 Å². The number of hydrogen-bond donors (Lipinski definition) is 2. The molecule has 0 heterocycles. The topological polar surface area (TPSA) is 69.6 Å². The molecule has 1 rings (SSSR count). The molecule has 1 fully saturated rings. The molecule has 2 N–H and O–H groups in total. The summed E-state index contributed by atoms with van der Waals surface area (Å²) in [6, 6.07) is -0.0899. The second-order valence-electron chi connectivity index (χ2n) is 5.27. The Morgan fingerprint density at radius 2 is 2.06 bits per heavy atom. The number of aliphatic carboxylic acids is 1. The van der Waals surface area contributed by atoms with Crippen molar-refractivity contribution < 1.29 is 14.7 Å². The molecule has 2 atom stereocenters. The first-order valence-corrected chi connectivity index (χ1v) is 6.14. The second-order valence-corrected chi connectivity index (χ2v) is 5.27. The average molecular weight is 242 g/mol. The zero-order valence-electron chi connectivity index (χ0n) is 10.8. The van der Waals surface area contributed by atoms with Gasteiger partial charge >= 0.3 is 12.0 Å². The summed E-state index contributed by atoms with van der Waals surface area (Å²) in [6.45, 7) is 4.82. The minimum absolute atomic E-state index is 0.0122. The highest BCUT2D eigenvalue weighted by Crippen LogP contribution is 2.25. The van der Waals surface area contributed by atoms with Gasteiger partial charge in [0.1, 0.15) is 0 Å². The fourth-order valence-corrected chi connectivity index (χ4v) is 2.25. The van der Waals surface area contributed by atoms with Crippen LogP contribution in [0.2, 0.25) is 0 Å². The zero-order chi connectivity index (χ0) is 13.0. The number of rotatable bonds is 4. The minimum atomic E-state index is -0.753. The van der Waals surface area contributed by atoms with Crippen molar-refractivity contribution in [3.8, 4) is 0 Å². The van der Waals surface area contributed by atoms with E-state index in [0.29, 0.717) is 25.3 Å². The lowest BCUT2D eigenvalue weighted by atomic mass is 10.1. The molecule has 1 aliphatic carbocycles. The van der Waals surface area contributed by atoms with Gasteiger partial charge in [-0.1, -0.05) is 13.8 Å². The fourth-order valence-electron chi connectivity index (χ4n) is 2.25. The van der Waals surface area contributed by atoms with E-state index in [4.69, 9.17) is 5.11 Å². The van der Waals surface area contributed by atoms with Crippen LogP contribution in [0.1, 0.15) is 33.1 Å². The molecular formula is C12H22N2O3. The van der Waals surface area contributed by atoms with E-state index in [0.717, 1.165) is 6.42 Å². The summed E-state index contributed by atoms with van der Waals surface area (Å²) in [5.74, 6) is -0.617. The van der Waals surface area contributed by atoms with E-state index in [2.05, 4.69) is 19.2 Å². The molecule has 1 saturated carbocycles. The summed E-state index contributed by atoms with van der Waals surface area (Å²) in [6.07, 6.45) is 1.98. The summed E-state index contributed by atoms with van der Waals surface area (Å²) in [5, 5.41) is 11.8. The van der Waals surface area contributed by atoms with Crippen LogP contribution in [0.5, 0.6) is 0 Å². The molecule has 1 aliphatic rings. The smallest absolute Gasteiger partial charge is 0.317 e. The molecule has 0 aromatic rings. The molecule has 2 amide bonds. The van der Waals surface area contributed by atoms with E-state index in [1.807, 2.05) is 0 Å². The lowest BCUT2D eigenvalue weighted by Gasteiger charge is -2.22. The predicted octanol–water partition coefficient (Wildman–Crippen LogP) is 1.54. The van der Waals surface area contributed by atoms with Crippen molar-refractivity contribution in [2.45, 2.75) is 39.2 Å². The third kappa shape index (κ3) is 4.24. The highest BCUT2D eigenvalue weighted by molar-refractivity contribution is 5.75. The van der Waals surface area contributed by atoms with Gasteiger partial charge in [0.15, 0.2) is 0 Å². The third-order valence-corrected chi connectivity index (χ3v) is 3.10. The lowest BCUT2D eigenvalue weighted by Crippen LogP contribution is -2.43. The van der Waals surface area contributed by atoms with Crippen LogP contribution in [0.4, 0.5) is 4.79 Å². The molecule has 5 nitrogen and oxygen atoms in total. The normalized spacial score (nSPS) is 23.8. The zero-order valence-corrected chi connectivity index (χ0v) is 10.8. The van der Waals surface area contributed by atoms with Crippen LogP contribution in [-0.2, 0) is 4.79 Å². The van der Waals surface area contributed by atoms with Crippen molar-refractivity contribution in [3.05, 3.63) is 0 Å². The van der Waals surface area contributed by atoms with E-state index in [9.17, 15) is 9.59 Å². The van der Waals surface area contributed by atoms with Crippen molar-refractivity contribution >= 4 is 12.0 Å². The second kappa shape index (κ2) is 5.89. The summed E-state index contributed by atoms with van der Waals surface area (Å²) in [7, 11) is 1.76. The highest BCUT2D eigenvalue weighted by Gasteiger charge is 2.30. The Morgan fingerprint density at radius 1 is 1.41 bits per heavy atom. The molecule has 0 saturated heterocycles. The molecule has 0 aromatic carbocycles. The van der Waals surface area contributed by atoms with Gasteiger partial charge in [-0.3, -0.25) is 4.79 Å². The number of urea groups is 1. The van der Waals surface area contributed by atoms with Crippen molar-refractivity contribution in [1.29, 1.82) is 0 Å². The van der Waals surface area contributed by atoms with E-state index in [-0.39, 0.29) is 18.0 Å². The number of carboxylic acid groups (broad SMARTS) is 1. The Labute approximate surface area is 102 Å². The number of carboxylic acids is 1. The predicted molar refractivity (Wildman–Crippen MR) is 64.8 cm³/mol. The standard InChI is InChI=1S/C12H22N2O3/c1-8(2)7-14(3)12(17)13-10-5-4-9(6-10)11(15)16/h8-10H,4-7H2,1-3H3,(H,13,17)(H,15,16)/t9-,10+/m1/s1. The van der Waals surface area contributed by atoms with Gasteiger partial charge in [0.2, 0.25) is 0 Å². The highest BCUT2D eigenvalue weighted by atomic mass is 16.4. The van der Waals surface area contributed by atoms with Crippen LogP contribution < -0.4 is 5.32 Å². The fraction of sp³-hybridized carbons (Fsp3) is 0.833. The Hall–Kier alpha value is -1.26. The van der Waals surface area contributed by atoms with Crippen molar-refractivity contribution in [2.75, 3.05) is 13.6 Å². The SMILES string of the molecule is CC(C)CN(C)C(=O)N[C@H]1CC[C@@H](C(=O)O)C1. The van der Waals surface area contributed by atoms with Crippen LogP contribution in [0.15, 0.2) is 0 Å². The number of amides is 2. The van der Waals surface area contributed by atoms with Gasteiger partial charge in [0.25, 0.3) is 0 Å². The van der Waals surface area contributed by atoms with Gasteiger partial charge in [-0.15, -0.1) is 0 Å². The van der Waals surface area contributed by atoms with Crippen molar-refractivity contribution in [1.82, 2.24) is 10.2 Å². The molecule has 0 bridgehead atoms. The monoisotopic (exact) mass is 242 g/mol. The average Bonchev–Trinajstić information content (AvgIpc) is 2.65. The number of nitrogens with zero attached hydrogens (tertiary/aromatic N) is 1. The molecule has 0 spiro atoms. The molecule has 5 heteroatoms. The molecule has 0 radical (unpaired) electrons. The van der Waals surface area contributed by atoms with Gasteiger partial charge in [0.05, 0.1) is 5.92 Å². The summed E-state index contributed by atoms with van der Waals surface area (Å²) >= 11 is 0. The molecular weight excluding hydrogens is 220 g/mol. The van der Waals surface area contributed by atoms with Gasteiger partial charge < -0.3 is 15.3 Å². The minimum Gasteiger partial charge on any atom is -0.481 e.